The van der Waals surface area contributed by atoms with E-state index in [4.69, 9.17) is 5.26 Å². The third-order valence-corrected chi connectivity index (χ3v) is 3.95. The van der Waals surface area contributed by atoms with Crippen molar-refractivity contribution in [3.63, 3.8) is 0 Å². The molecule has 3 rings (SSSR count). The highest BCUT2D eigenvalue weighted by Crippen LogP contribution is 2.31. The highest BCUT2D eigenvalue weighted by Gasteiger charge is 2.17. The Balaban J connectivity index is 1.81. The molecule has 26 heavy (non-hydrogen) atoms. The highest BCUT2D eigenvalue weighted by molar-refractivity contribution is 5.66. The SMILES string of the molecule is CC(C)(C)c1ccccc1Nc1cc(Nc2ccc(C#N)cc2)ncn1. The molecule has 0 atom stereocenters. The summed E-state index contributed by atoms with van der Waals surface area (Å²) in [7, 11) is 0. The largest absolute Gasteiger partial charge is 0.340 e. The number of aromatic nitrogens is 2. The molecular formula is C21H21N5. The first kappa shape index (κ1) is 17.4. The van der Waals surface area contributed by atoms with Gasteiger partial charge in [-0.3, -0.25) is 0 Å². The maximum atomic E-state index is 8.88. The fraction of sp³-hybridized carbons (Fsp3) is 0.190. The molecule has 0 aliphatic heterocycles. The van der Waals surface area contributed by atoms with Gasteiger partial charge in [-0.15, -0.1) is 0 Å². The standard InChI is InChI=1S/C21H21N5/c1-21(2,3)17-6-4-5-7-18(17)26-20-12-19(23-14-24-20)25-16-10-8-15(13-22)9-11-16/h4-12,14H,1-3H3,(H2,23,24,25,26). The average Bonchev–Trinajstić information content (AvgIpc) is 2.62. The Labute approximate surface area is 153 Å². The minimum Gasteiger partial charge on any atom is -0.340 e. The molecule has 0 saturated heterocycles. The van der Waals surface area contributed by atoms with Crippen LogP contribution in [0.3, 0.4) is 0 Å². The van der Waals surface area contributed by atoms with E-state index in [0.29, 0.717) is 17.2 Å². The zero-order chi connectivity index (χ0) is 18.6. The van der Waals surface area contributed by atoms with E-state index >= 15 is 0 Å². The lowest BCUT2D eigenvalue weighted by molar-refractivity contribution is 0.592. The second-order valence-electron chi connectivity index (χ2n) is 7.02. The van der Waals surface area contributed by atoms with Gasteiger partial charge in [-0.1, -0.05) is 39.0 Å². The molecule has 0 bridgehead atoms. The predicted octanol–water partition coefficient (Wildman–Crippen LogP) is 5.13. The van der Waals surface area contributed by atoms with Crippen LogP contribution in [-0.4, -0.2) is 9.97 Å². The summed E-state index contributed by atoms with van der Waals surface area (Å²) in [4.78, 5) is 8.58. The Hall–Kier alpha value is -3.39. The van der Waals surface area contributed by atoms with Gasteiger partial charge in [0.25, 0.3) is 0 Å². The number of rotatable bonds is 4. The van der Waals surface area contributed by atoms with Gasteiger partial charge in [-0.25, -0.2) is 9.97 Å². The molecule has 130 valence electrons. The molecular weight excluding hydrogens is 322 g/mol. The van der Waals surface area contributed by atoms with Crippen LogP contribution in [0.15, 0.2) is 60.9 Å². The fourth-order valence-electron chi connectivity index (χ4n) is 2.65. The summed E-state index contributed by atoms with van der Waals surface area (Å²) in [6.45, 7) is 6.56. The number of nitriles is 1. The molecule has 0 spiro atoms. The molecule has 0 fully saturated rings. The molecule has 0 aliphatic carbocycles. The van der Waals surface area contributed by atoms with Crippen LogP contribution in [-0.2, 0) is 5.41 Å². The zero-order valence-corrected chi connectivity index (χ0v) is 15.1. The van der Waals surface area contributed by atoms with E-state index in [-0.39, 0.29) is 5.41 Å². The summed E-state index contributed by atoms with van der Waals surface area (Å²) in [5.74, 6) is 1.40. The molecule has 3 aromatic rings. The van der Waals surface area contributed by atoms with Crippen LogP contribution in [0.5, 0.6) is 0 Å². The van der Waals surface area contributed by atoms with Gasteiger partial charge in [0.1, 0.15) is 18.0 Å². The first-order valence-corrected chi connectivity index (χ1v) is 8.41. The molecule has 5 heteroatoms. The molecule has 0 amide bonds. The van der Waals surface area contributed by atoms with Gasteiger partial charge >= 0.3 is 0 Å². The van der Waals surface area contributed by atoms with Crippen LogP contribution < -0.4 is 10.6 Å². The summed E-state index contributed by atoms with van der Waals surface area (Å²) >= 11 is 0. The molecule has 1 heterocycles. The van der Waals surface area contributed by atoms with Gasteiger partial charge in [-0.05, 0) is 41.3 Å². The summed E-state index contributed by atoms with van der Waals surface area (Å²) in [6, 6.07) is 19.4. The van der Waals surface area contributed by atoms with Gasteiger partial charge in [0, 0.05) is 17.4 Å². The summed E-state index contributed by atoms with van der Waals surface area (Å²) in [5.41, 5.74) is 3.77. The number of nitrogens with zero attached hydrogens (tertiary/aromatic N) is 3. The van der Waals surface area contributed by atoms with E-state index in [1.54, 1.807) is 12.1 Å². The maximum absolute atomic E-state index is 8.88. The number of nitrogens with one attached hydrogen (secondary N) is 2. The number of hydrogen-bond acceptors (Lipinski definition) is 5. The molecule has 1 aromatic heterocycles. The molecule has 5 nitrogen and oxygen atoms in total. The van der Waals surface area contributed by atoms with E-state index in [2.05, 4.69) is 59.6 Å². The quantitative estimate of drug-likeness (QED) is 0.687. The van der Waals surface area contributed by atoms with Gasteiger partial charge < -0.3 is 10.6 Å². The third-order valence-electron chi connectivity index (χ3n) is 3.95. The van der Waals surface area contributed by atoms with Crippen molar-refractivity contribution in [2.24, 2.45) is 0 Å². The van der Waals surface area contributed by atoms with Crippen molar-refractivity contribution in [1.82, 2.24) is 9.97 Å². The van der Waals surface area contributed by atoms with Crippen LogP contribution in [0, 0.1) is 11.3 Å². The average molecular weight is 343 g/mol. The number of para-hydroxylation sites is 1. The second-order valence-corrected chi connectivity index (χ2v) is 7.02. The van der Waals surface area contributed by atoms with Crippen LogP contribution >= 0.6 is 0 Å². The monoisotopic (exact) mass is 343 g/mol. The predicted molar refractivity (Wildman–Crippen MR) is 105 cm³/mol. The van der Waals surface area contributed by atoms with Crippen molar-refractivity contribution in [2.75, 3.05) is 10.6 Å². The minimum absolute atomic E-state index is 0.0280. The van der Waals surface area contributed by atoms with E-state index in [9.17, 15) is 0 Å². The Kier molecular flexibility index (Phi) is 4.85. The second kappa shape index (κ2) is 7.24. The summed E-state index contributed by atoms with van der Waals surface area (Å²) < 4.78 is 0. The van der Waals surface area contributed by atoms with Crippen LogP contribution in [0.2, 0.25) is 0 Å². The van der Waals surface area contributed by atoms with E-state index in [0.717, 1.165) is 11.4 Å². The van der Waals surface area contributed by atoms with E-state index in [1.165, 1.54) is 11.9 Å². The molecule has 0 unspecified atom stereocenters. The maximum Gasteiger partial charge on any atom is 0.135 e. The lowest BCUT2D eigenvalue weighted by Gasteiger charge is -2.23. The Morgan fingerprint density at radius 3 is 2.19 bits per heavy atom. The van der Waals surface area contributed by atoms with Crippen molar-refractivity contribution in [2.45, 2.75) is 26.2 Å². The highest BCUT2D eigenvalue weighted by atomic mass is 15.1. The Morgan fingerprint density at radius 1 is 0.885 bits per heavy atom. The topological polar surface area (TPSA) is 73.6 Å². The Morgan fingerprint density at radius 2 is 1.54 bits per heavy atom. The van der Waals surface area contributed by atoms with E-state index in [1.807, 2.05) is 30.3 Å². The first-order chi connectivity index (χ1) is 12.5. The van der Waals surface area contributed by atoms with Gasteiger partial charge in [0.2, 0.25) is 0 Å². The van der Waals surface area contributed by atoms with Crippen LogP contribution in [0.25, 0.3) is 0 Å². The minimum atomic E-state index is 0.0280. The Bertz CT molecular complexity index is 934. The van der Waals surface area contributed by atoms with Crippen LogP contribution in [0.4, 0.5) is 23.0 Å². The molecule has 0 saturated carbocycles. The normalized spacial score (nSPS) is 10.8. The number of hydrogen-bond donors (Lipinski definition) is 2. The lowest BCUT2D eigenvalue weighted by Crippen LogP contribution is -2.13. The van der Waals surface area contributed by atoms with Crippen molar-refractivity contribution in [1.29, 1.82) is 5.26 Å². The number of anilines is 4. The fourth-order valence-corrected chi connectivity index (χ4v) is 2.65. The first-order valence-electron chi connectivity index (χ1n) is 8.41. The molecule has 0 aliphatic rings. The smallest absolute Gasteiger partial charge is 0.135 e. The van der Waals surface area contributed by atoms with Crippen molar-refractivity contribution < 1.29 is 0 Å². The van der Waals surface area contributed by atoms with E-state index < -0.39 is 0 Å². The van der Waals surface area contributed by atoms with Gasteiger partial charge in [0.05, 0.1) is 11.6 Å². The van der Waals surface area contributed by atoms with Crippen molar-refractivity contribution >= 4 is 23.0 Å². The molecule has 2 aromatic carbocycles. The van der Waals surface area contributed by atoms with Gasteiger partial charge in [-0.2, -0.15) is 5.26 Å². The summed E-state index contributed by atoms with van der Waals surface area (Å²) in [6.07, 6.45) is 1.52. The third kappa shape index (κ3) is 4.17. The molecule has 2 N–H and O–H groups in total. The lowest BCUT2D eigenvalue weighted by atomic mass is 9.86. The van der Waals surface area contributed by atoms with Crippen molar-refractivity contribution in [3.05, 3.63) is 72.1 Å². The van der Waals surface area contributed by atoms with Crippen molar-refractivity contribution in [3.8, 4) is 6.07 Å². The molecule has 0 radical (unpaired) electrons. The van der Waals surface area contributed by atoms with Crippen LogP contribution in [0.1, 0.15) is 31.9 Å². The summed E-state index contributed by atoms with van der Waals surface area (Å²) in [5, 5.41) is 15.5. The number of benzene rings is 2. The zero-order valence-electron chi connectivity index (χ0n) is 15.1. The van der Waals surface area contributed by atoms with Gasteiger partial charge in [0.15, 0.2) is 0 Å².